The highest BCUT2D eigenvalue weighted by atomic mass is 35.5. The van der Waals surface area contributed by atoms with Gasteiger partial charge in [0.05, 0.1) is 12.4 Å². The third-order valence-corrected chi connectivity index (χ3v) is 6.38. The molecule has 1 aliphatic rings. The van der Waals surface area contributed by atoms with Crippen molar-refractivity contribution in [2.24, 2.45) is 11.5 Å². The van der Waals surface area contributed by atoms with E-state index in [0.717, 1.165) is 88.8 Å². The van der Waals surface area contributed by atoms with Crippen molar-refractivity contribution >= 4 is 23.2 Å². The molecule has 7 heteroatoms. The molecular formula is C24H43ClN5O+. The maximum absolute atomic E-state index is 12.2. The second-order valence-electron chi connectivity index (χ2n) is 8.71. The molecule has 1 aliphatic heterocycles. The lowest BCUT2D eigenvalue weighted by Crippen LogP contribution is -2.32. The van der Waals surface area contributed by atoms with Crippen molar-refractivity contribution in [3.05, 3.63) is 29.8 Å². The SMILES string of the molecule is NCCCCN(CCCN)CCCNC(=O)CCCc1ccc([N+]2(CCCl)CC2)cc1. The number of unbranched alkanes of at least 4 members (excludes halogenated alkanes) is 1. The van der Waals surface area contributed by atoms with Gasteiger partial charge in [-0.1, -0.05) is 12.1 Å². The van der Waals surface area contributed by atoms with Crippen molar-refractivity contribution in [3.63, 3.8) is 0 Å². The van der Waals surface area contributed by atoms with Gasteiger partial charge >= 0.3 is 0 Å². The van der Waals surface area contributed by atoms with Crippen molar-refractivity contribution in [1.82, 2.24) is 14.7 Å². The van der Waals surface area contributed by atoms with Crippen molar-refractivity contribution < 1.29 is 4.79 Å². The van der Waals surface area contributed by atoms with Crippen LogP contribution in [0.15, 0.2) is 24.3 Å². The third kappa shape index (κ3) is 9.87. The zero-order valence-electron chi connectivity index (χ0n) is 19.2. The number of nitrogens with zero attached hydrogens (tertiary/aromatic N) is 2. The van der Waals surface area contributed by atoms with Gasteiger partial charge in [-0.3, -0.25) is 9.28 Å². The number of rotatable bonds is 18. The number of halogens is 1. The summed E-state index contributed by atoms with van der Waals surface area (Å²) in [5, 5.41) is 3.07. The number of amides is 1. The number of hydrogen-bond acceptors (Lipinski definition) is 4. The lowest BCUT2D eigenvalue weighted by atomic mass is 10.1. The van der Waals surface area contributed by atoms with Gasteiger partial charge in [0.25, 0.3) is 0 Å². The lowest BCUT2D eigenvalue weighted by Gasteiger charge is -2.22. The van der Waals surface area contributed by atoms with Crippen LogP contribution in [0, 0.1) is 0 Å². The van der Waals surface area contributed by atoms with Crippen LogP contribution in [-0.2, 0) is 11.2 Å². The topological polar surface area (TPSA) is 84.4 Å². The van der Waals surface area contributed by atoms with Gasteiger partial charge in [-0.15, -0.1) is 11.6 Å². The van der Waals surface area contributed by atoms with Crippen LogP contribution in [0.25, 0.3) is 0 Å². The molecule has 0 aliphatic carbocycles. The molecule has 0 atom stereocenters. The molecule has 1 fully saturated rings. The fourth-order valence-electron chi connectivity index (χ4n) is 4.07. The first-order chi connectivity index (χ1) is 15.1. The van der Waals surface area contributed by atoms with Crippen molar-refractivity contribution in [1.29, 1.82) is 0 Å². The van der Waals surface area contributed by atoms with Gasteiger partial charge in [0, 0.05) is 13.0 Å². The Balaban J connectivity index is 1.58. The predicted molar refractivity (Wildman–Crippen MR) is 133 cm³/mol. The van der Waals surface area contributed by atoms with Crippen LogP contribution >= 0.6 is 11.6 Å². The predicted octanol–water partition coefficient (Wildman–Crippen LogP) is 2.47. The van der Waals surface area contributed by atoms with E-state index < -0.39 is 0 Å². The Kier molecular flexibility index (Phi) is 12.4. The molecule has 2 rings (SSSR count). The number of benzene rings is 1. The molecule has 0 radical (unpaired) electrons. The summed E-state index contributed by atoms with van der Waals surface area (Å²) in [6.07, 6.45) is 6.59. The summed E-state index contributed by atoms with van der Waals surface area (Å²) >= 11 is 5.95. The Labute approximate surface area is 193 Å². The van der Waals surface area contributed by atoms with Gasteiger partial charge in [0.15, 0.2) is 0 Å². The Morgan fingerprint density at radius 2 is 1.65 bits per heavy atom. The van der Waals surface area contributed by atoms with E-state index in [-0.39, 0.29) is 5.91 Å². The van der Waals surface area contributed by atoms with E-state index in [1.165, 1.54) is 24.3 Å². The number of carbonyl (C=O) groups excluding carboxylic acids is 1. The van der Waals surface area contributed by atoms with E-state index in [4.69, 9.17) is 23.1 Å². The van der Waals surface area contributed by atoms with E-state index in [0.29, 0.717) is 12.3 Å². The molecule has 5 N–H and O–H groups in total. The minimum Gasteiger partial charge on any atom is -0.356 e. The minimum absolute atomic E-state index is 0.156. The summed E-state index contributed by atoms with van der Waals surface area (Å²) < 4.78 is 1.03. The highest BCUT2D eigenvalue weighted by Gasteiger charge is 2.43. The Morgan fingerprint density at radius 3 is 2.29 bits per heavy atom. The minimum atomic E-state index is 0.156. The first-order valence-electron chi connectivity index (χ1n) is 12.0. The summed E-state index contributed by atoms with van der Waals surface area (Å²) in [6.45, 7) is 8.72. The Bertz CT molecular complexity index is 621. The van der Waals surface area contributed by atoms with Crippen LogP contribution in [0.3, 0.4) is 0 Å². The van der Waals surface area contributed by atoms with Crippen LogP contribution in [-0.4, -0.2) is 75.6 Å². The molecule has 0 unspecified atom stereocenters. The largest absolute Gasteiger partial charge is 0.356 e. The molecule has 6 nitrogen and oxygen atoms in total. The Hall–Kier alpha value is -1.18. The van der Waals surface area contributed by atoms with E-state index in [1.54, 1.807) is 0 Å². The van der Waals surface area contributed by atoms with E-state index in [9.17, 15) is 4.79 Å². The number of hydrogen-bond donors (Lipinski definition) is 3. The number of quaternary nitrogens is 1. The van der Waals surface area contributed by atoms with Crippen LogP contribution in [0.5, 0.6) is 0 Å². The van der Waals surface area contributed by atoms with Crippen molar-refractivity contribution in [2.45, 2.75) is 44.9 Å². The van der Waals surface area contributed by atoms with Crippen molar-refractivity contribution in [2.75, 3.05) is 64.8 Å². The lowest BCUT2D eigenvalue weighted by molar-refractivity contribution is -0.121. The second kappa shape index (κ2) is 14.8. The molecule has 1 aromatic carbocycles. The first kappa shape index (κ1) is 26.1. The monoisotopic (exact) mass is 452 g/mol. The van der Waals surface area contributed by atoms with Crippen molar-refractivity contribution in [3.8, 4) is 0 Å². The molecule has 176 valence electrons. The normalized spacial score (nSPS) is 14.7. The molecule has 0 aromatic heterocycles. The fourth-order valence-corrected chi connectivity index (χ4v) is 4.40. The Morgan fingerprint density at radius 1 is 0.968 bits per heavy atom. The van der Waals surface area contributed by atoms with Crippen LogP contribution in [0.4, 0.5) is 5.69 Å². The molecule has 1 saturated heterocycles. The van der Waals surface area contributed by atoms with E-state index in [1.807, 2.05) is 0 Å². The fraction of sp³-hybridized carbons (Fsp3) is 0.708. The average Bonchev–Trinajstić information content (AvgIpc) is 3.56. The van der Waals surface area contributed by atoms with Gasteiger partial charge in [-0.2, -0.15) is 0 Å². The first-order valence-corrected chi connectivity index (χ1v) is 12.6. The van der Waals surface area contributed by atoms with Gasteiger partial charge in [-0.25, -0.2) is 0 Å². The summed E-state index contributed by atoms with van der Waals surface area (Å²) in [7, 11) is 0. The molecule has 1 aromatic rings. The quantitative estimate of drug-likeness (QED) is 0.138. The standard InChI is InChI=1S/C24H42ClN5O/c25-12-19-30(20-21-30)23-10-8-22(9-11-23)6-3-7-24(31)28-15-5-18-29(17-4-14-27)16-2-1-13-26/h8-11H,1-7,12-21,26-27H2/p+1. The smallest absolute Gasteiger partial charge is 0.220 e. The zero-order chi connectivity index (χ0) is 22.4. The molecule has 0 spiro atoms. The summed E-state index contributed by atoms with van der Waals surface area (Å²) in [4.78, 5) is 14.6. The number of carbonyl (C=O) groups is 1. The van der Waals surface area contributed by atoms with Gasteiger partial charge in [0.1, 0.15) is 18.8 Å². The number of nitrogens with two attached hydrogens (primary N) is 2. The van der Waals surface area contributed by atoms with Gasteiger partial charge < -0.3 is 21.7 Å². The van der Waals surface area contributed by atoms with Gasteiger partial charge in [-0.05, 0) is 88.9 Å². The number of nitrogens with one attached hydrogen (secondary N) is 1. The third-order valence-electron chi connectivity index (χ3n) is 6.21. The summed E-state index contributed by atoms with van der Waals surface area (Å²) in [6, 6.07) is 8.89. The van der Waals surface area contributed by atoms with Crippen LogP contribution in [0.1, 0.15) is 44.1 Å². The summed E-state index contributed by atoms with van der Waals surface area (Å²) in [5.74, 6) is 0.862. The average molecular weight is 453 g/mol. The second-order valence-corrected chi connectivity index (χ2v) is 9.09. The van der Waals surface area contributed by atoms with E-state index >= 15 is 0 Å². The highest BCUT2D eigenvalue weighted by Crippen LogP contribution is 2.32. The summed E-state index contributed by atoms with van der Waals surface area (Å²) in [5.41, 5.74) is 13.9. The maximum Gasteiger partial charge on any atom is 0.220 e. The zero-order valence-corrected chi connectivity index (χ0v) is 19.9. The van der Waals surface area contributed by atoms with Crippen LogP contribution < -0.4 is 21.3 Å². The van der Waals surface area contributed by atoms with E-state index in [2.05, 4.69) is 34.5 Å². The molecule has 0 bridgehead atoms. The number of alkyl halides is 1. The molecular weight excluding hydrogens is 410 g/mol. The molecule has 1 heterocycles. The molecule has 0 saturated carbocycles. The molecule has 31 heavy (non-hydrogen) atoms. The highest BCUT2D eigenvalue weighted by molar-refractivity contribution is 6.18. The maximum atomic E-state index is 12.2. The number of aryl methyl sites for hydroxylation is 1. The van der Waals surface area contributed by atoms with Crippen LogP contribution in [0.2, 0.25) is 0 Å². The van der Waals surface area contributed by atoms with Gasteiger partial charge in [0.2, 0.25) is 5.91 Å². The molecule has 1 amide bonds.